The van der Waals surface area contributed by atoms with E-state index in [9.17, 15) is 4.79 Å². The molecule has 1 aromatic carbocycles. The topological polar surface area (TPSA) is 47.6 Å². The van der Waals surface area contributed by atoms with Crippen LogP contribution in [0, 0.1) is 0 Å². The van der Waals surface area contributed by atoms with Gasteiger partial charge in [-0.25, -0.2) is 0 Å². The number of rotatable bonds is 2. The zero-order valence-electron chi connectivity index (χ0n) is 11.8. The third-order valence-corrected chi connectivity index (χ3v) is 3.49. The fourth-order valence-electron chi connectivity index (χ4n) is 2.22. The van der Waals surface area contributed by atoms with E-state index in [0.29, 0.717) is 5.11 Å². The zero-order valence-corrected chi connectivity index (χ0v) is 12.7. The van der Waals surface area contributed by atoms with Crippen LogP contribution in [0.3, 0.4) is 0 Å². The van der Waals surface area contributed by atoms with Crippen molar-refractivity contribution in [3.8, 4) is 0 Å². The number of thiocarbonyl (C=S) groups is 1. The number of likely N-dealkylation sites (N-methyl/N-ethyl adjacent to an activating group) is 1. The highest BCUT2D eigenvalue weighted by atomic mass is 32.1. The van der Waals surface area contributed by atoms with Crippen LogP contribution in [0.1, 0.15) is 6.92 Å². The molecule has 2 N–H and O–H groups in total. The van der Waals surface area contributed by atoms with E-state index >= 15 is 0 Å². The van der Waals surface area contributed by atoms with Crippen molar-refractivity contribution < 1.29 is 4.79 Å². The summed E-state index contributed by atoms with van der Waals surface area (Å²) < 4.78 is 0. The van der Waals surface area contributed by atoms with Gasteiger partial charge in [0.2, 0.25) is 5.91 Å². The largest absolute Gasteiger partial charge is 0.367 e. The van der Waals surface area contributed by atoms with Crippen molar-refractivity contribution in [1.29, 1.82) is 0 Å². The number of para-hydroxylation sites is 2. The lowest BCUT2D eigenvalue weighted by molar-refractivity contribution is -0.117. The van der Waals surface area contributed by atoms with E-state index in [1.54, 1.807) is 0 Å². The molecule has 0 radical (unpaired) electrons. The first-order chi connectivity index (χ1) is 9.56. The maximum absolute atomic E-state index is 11.0. The van der Waals surface area contributed by atoms with E-state index in [1.807, 2.05) is 18.2 Å². The molecule has 1 aliphatic rings. The van der Waals surface area contributed by atoms with Gasteiger partial charge in [0.25, 0.3) is 0 Å². The van der Waals surface area contributed by atoms with Crippen molar-refractivity contribution in [2.45, 2.75) is 6.92 Å². The number of nitrogens with zero attached hydrogens (tertiary/aromatic N) is 2. The Bertz CT molecular complexity index is 498. The Labute approximate surface area is 124 Å². The summed E-state index contributed by atoms with van der Waals surface area (Å²) >= 11 is 5.12. The fraction of sp³-hybridized carbons (Fsp3) is 0.429. The summed E-state index contributed by atoms with van der Waals surface area (Å²) in [5.74, 6) is -0.167. The summed E-state index contributed by atoms with van der Waals surface area (Å²) in [6, 6.07) is 8.02. The summed E-state index contributed by atoms with van der Waals surface area (Å²) in [4.78, 5) is 15.7. The number of amides is 1. The summed E-state index contributed by atoms with van der Waals surface area (Å²) in [5.41, 5.74) is 2.05. The first-order valence-electron chi connectivity index (χ1n) is 6.67. The summed E-state index contributed by atoms with van der Waals surface area (Å²) in [5, 5.41) is 6.01. The molecule has 1 aromatic rings. The van der Waals surface area contributed by atoms with Crippen LogP contribution in [0.5, 0.6) is 0 Å². The molecule has 20 heavy (non-hydrogen) atoms. The zero-order chi connectivity index (χ0) is 14.5. The predicted octanol–water partition coefficient (Wildman–Crippen LogP) is 1.27. The van der Waals surface area contributed by atoms with Gasteiger partial charge >= 0.3 is 0 Å². The van der Waals surface area contributed by atoms with Gasteiger partial charge in [-0.3, -0.25) is 4.79 Å². The van der Waals surface area contributed by atoms with Crippen LogP contribution in [-0.4, -0.2) is 49.1 Å². The summed E-state index contributed by atoms with van der Waals surface area (Å²) in [7, 11) is 2.13. The molecule has 0 aromatic heterocycles. The first kappa shape index (κ1) is 14.7. The molecule has 0 atom stereocenters. The first-order valence-corrected chi connectivity index (χ1v) is 7.08. The standard InChI is InChI=1S/C14H20N4OS/c1-11(19)15-14(20)16-12-5-3-4-6-13(12)18-9-7-17(2)8-10-18/h3-6H,7-10H2,1-2H3,(H2,15,16,19,20). The highest BCUT2D eigenvalue weighted by molar-refractivity contribution is 7.80. The minimum atomic E-state index is -0.167. The van der Waals surface area contributed by atoms with Gasteiger partial charge in [-0.05, 0) is 31.4 Å². The van der Waals surface area contributed by atoms with Gasteiger partial charge in [-0.15, -0.1) is 0 Å². The number of anilines is 2. The van der Waals surface area contributed by atoms with Crippen LogP contribution in [0.2, 0.25) is 0 Å². The van der Waals surface area contributed by atoms with E-state index < -0.39 is 0 Å². The number of hydrogen-bond acceptors (Lipinski definition) is 4. The second-order valence-electron chi connectivity index (χ2n) is 4.94. The van der Waals surface area contributed by atoms with E-state index in [2.05, 4.69) is 33.5 Å². The van der Waals surface area contributed by atoms with Gasteiger partial charge in [-0.1, -0.05) is 12.1 Å². The van der Waals surface area contributed by atoms with Crippen molar-refractivity contribution in [2.75, 3.05) is 43.4 Å². The minimum absolute atomic E-state index is 0.167. The van der Waals surface area contributed by atoms with Gasteiger partial charge in [0, 0.05) is 33.1 Å². The quantitative estimate of drug-likeness (QED) is 0.804. The molecule has 108 valence electrons. The molecule has 1 amide bonds. The molecule has 0 saturated carbocycles. The van der Waals surface area contributed by atoms with Crippen LogP contribution in [0.25, 0.3) is 0 Å². The Kier molecular flexibility index (Phi) is 4.92. The van der Waals surface area contributed by atoms with Crippen LogP contribution >= 0.6 is 12.2 Å². The Hall–Kier alpha value is -1.66. The molecule has 1 fully saturated rings. The second-order valence-corrected chi connectivity index (χ2v) is 5.35. The van der Waals surface area contributed by atoms with Crippen LogP contribution in [0.15, 0.2) is 24.3 Å². The number of nitrogens with one attached hydrogen (secondary N) is 2. The van der Waals surface area contributed by atoms with Crippen LogP contribution in [0.4, 0.5) is 11.4 Å². The molecule has 2 rings (SSSR count). The van der Waals surface area contributed by atoms with Gasteiger partial charge in [-0.2, -0.15) is 0 Å². The highest BCUT2D eigenvalue weighted by Gasteiger charge is 2.17. The molecule has 0 aliphatic carbocycles. The maximum Gasteiger partial charge on any atom is 0.222 e. The lowest BCUT2D eigenvalue weighted by Gasteiger charge is -2.35. The molecule has 1 saturated heterocycles. The monoisotopic (exact) mass is 292 g/mol. The normalized spacial score (nSPS) is 15.8. The molecule has 1 aliphatic heterocycles. The Morgan fingerprint density at radius 1 is 1.20 bits per heavy atom. The second kappa shape index (κ2) is 6.67. The van der Waals surface area contributed by atoms with Crippen molar-refractivity contribution in [1.82, 2.24) is 10.2 Å². The molecule has 0 unspecified atom stereocenters. The van der Waals surface area contributed by atoms with E-state index in [4.69, 9.17) is 12.2 Å². The molecular formula is C14H20N4OS. The average Bonchev–Trinajstić information content (AvgIpc) is 2.39. The van der Waals surface area contributed by atoms with Gasteiger partial charge in [0.05, 0.1) is 11.4 Å². The number of carbonyl (C=O) groups is 1. The number of carbonyl (C=O) groups excluding carboxylic acids is 1. The smallest absolute Gasteiger partial charge is 0.222 e. The SMILES string of the molecule is CC(=O)NC(=S)Nc1ccccc1N1CCN(C)CC1. The van der Waals surface area contributed by atoms with Gasteiger partial charge in [0.15, 0.2) is 5.11 Å². The van der Waals surface area contributed by atoms with E-state index in [1.165, 1.54) is 6.92 Å². The lowest BCUT2D eigenvalue weighted by Crippen LogP contribution is -2.45. The summed E-state index contributed by atoms with van der Waals surface area (Å²) in [6.07, 6.45) is 0. The third-order valence-electron chi connectivity index (χ3n) is 3.29. The average molecular weight is 292 g/mol. The molecule has 1 heterocycles. The van der Waals surface area contributed by atoms with E-state index in [-0.39, 0.29) is 5.91 Å². The van der Waals surface area contributed by atoms with Crippen LogP contribution in [-0.2, 0) is 4.79 Å². The third kappa shape index (κ3) is 3.91. The number of piperazine rings is 1. The summed E-state index contributed by atoms with van der Waals surface area (Å²) in [6.45, 7) is 5.51. The Balaban J connectivity index is 2.10. The highest BCUT2D eigenvalue weighted by Crippen LogP contribution is 2.26. The van der Waals surface area contributed by atoms with Crippen molar-refractivity contribution in [3.05, 3.63) is 24.3 Å². The molecular weight excluding hydrogens is 272 g/mol. The maximum atomic E-state index is 11.0. The van der Waals surface area contributed by atoms with Gasteiger partial charge < -0.3 is 20.4 Å². The molecule has 0 bridgehead atoms. The fourth-order valence-corrected chi connectivity index (χ4v) is 2.47. The van der Waals surface area contributed by atoms with Crippen molar-refractivity contribution in [2.24, 2.45) is 0 Å². The predicted molar refractivity (Wildman–Crippen MR) is 86.2 cm³/mol. The van der Waals surface area contributed by atoms with Gasteiger partial charge in [0.1, 0.15) is 0 Å². The lowest BCUT2D eigenvalue weighted by atomic mass is 10.2. The van der Waals surface area contributed by atoms with E-state index in [0.717, 1.165) is 37.6 Å². The number of hydrogen-bond donors (Lipinski definition) is 2. The molecule has 0 spiro atoms. The van der Waals surface area contributed by atoms with Crippen molar-refractivity contribution in [3.63, 3.8) is 0 Å². The Morgan fingerprint density at radius 3 is 2.50 bits per heavy atom. The van der Waals surface area contributed by atoms with Crippen molar-refractivity contribution >= 4 is 34.6 Å². The Morgan fingerprint density at radius 2 is 1.85 bits per heavy atom. The molecule has 6 heteroatoms. The molecule has 5 nitrogen and oxygen atoms in total. The van der Waals surface area contributed by atoms with Crippen LogP contribution < -0.4 is 15.5 Å². The number of benzene rings is 1. The minimum Gasteiger partial charge on any atom is -0.367 e.